The van der Waals surface area contributed by atoms with Crippen molar-refractivity contribution in [2.75, 3.05) is 25.6 Å². The van der Waals surface area contributed by atoms with E-state index in [2.05, 4.69) is 40.0 Å². The molecule has 3 rings (SSSR count). The van der Waals surface area contributed by atoms with Crippen LogP contribution in [0.5, 0.6) is 5.75 Å². The van der Waals surface area contributed by atoms with Crippen LogP contribution in [0.4, 0.5) is 5.69 Å². The number of benzene rings is 2. The Bertz CT molecular complexity index is 637. The van der Waals surface area contributed by atoms with Gasteiger partial charge in [-0.2, -0.15) is 0 Å². The third kappa shape index (κ3) is 5.48. The molecular formula is C21H29N3O. The Morgan fingerprint density at radius 1 is 0.920 bits per heavy atom. The number of para-hydroxylation sites is 1. The number of methoxy groups -OCH3 is 1. The number of anilines is 1. The summed E-state index contributed by atoms with van der Waals surface area (Å²) in [4.78, 5) is 2.58. The Hall–Kier alpha value is -2.04. The zero-order valence-electron chi connectivity index (χ0n) is 15.1. The first kappa shape index (κ1) is 17.8. The molecule has 2 N–H and O–H groups in total. The molecule has 2 aromatic rings. The fourth-order valence-corrected chi connectivity index (χ4v) is 3.35. The van der Waals surface area contributed by atoms with Crippen molar-refractivity contribution in [3.05, 3.63) is 59.7 Å². The van der Waals surface area contributed by atoms with Gasteiger partial charge in [0.05, 0.1) is 7.11 Å². The minimum absolute atomic E-state index is 0.780. The Balaban J connectivity index is 1.64. The quantitative estimate of drug-likeness (QED) is 0.742. The molecule has 1 saturated heterocycles. The van der Waals surface area contributed by atoms with Crippen molar-refractivity contribution in [2.45, 2.75) is 38.8 Å². The summed E-state index contributed by atoms with van der Waals surface area (Å²) in [5.74, 6) is 0.935. The maximum absolute atomic E-state index is 5.44. The van der Waals surface area contributed by atoms with Crippen LogP contribution in [-0.2, 0) is 13.1 Å². The molecule has 4 nitrogen and oxygen atoms in total. The van der Waals surface area contributed by atoms with Gasteiger partial charge in [0.15, 0.2) is 0 Å². The van der Waals surface area contributed by atoms with Gasteiger partial charge in [0.25, 0.3) is 0 Å². The average molecular weight is 339 g/mol. The van der Waals surface area contributed by atoms with Gasteiger partial charge < -0.3 is 10.2 Å². The maximum atomic E-state index is 5.44. The van der Waals surface area contributed by atoms with Crippen molar-refractivity contribution >= 4 is 5.69 Å². The van der Waals surface area contributed by atoms with Gasteiger partial charge >= 0.3 is 0 Å². The zero-order valence-corrected chi connectivity index (χ0v) is 15.1. The Morgan fingerprint density at radius 2 is 1.68 bits per heavy atom. The fraction of sp³-hybridized carbons (Fsp3) is 0.429. The van der Waals surface area contributed by atoms with Crippen LogP contribution in [0.1, 0.15) is 36.8 Å². The Kier molecular flexibility index (Phi) is 6.71. The number of nitrogens with zero attached hydrogens (tertiary/aromatic N) is 1. The highest BCUT2D eigenvalue weighted by molar-refractivity contribution is 5.41. The van der Waals surface area contributed by atoms with E-state index in [1.54, 1.807) is 7.11 Å². The topological polar surface area (TPSA) is 36.5 Å². The van der Waals surface area contributed by atoms with Crippen LogP contribution in [0.25, 0.3) is 0 Å². The molecule has 1 aliphatic rings. The highest BCUT2D eigenvalue weighted by atomic mass is 16.5. The molecule has 134 valence electrons. The third-order valence-electron chi connectivity index (χ3n) is 4.79. The van der Waals surface area contributed by atoms with Gasteiger partial charge in [-0.25, -0.2) is 5.43 Å². The molecule has 1 aliphatic heterocycles. The predicted octanol–water partition coefficient (Wildman–Crippen LogP) is 4.19. The molecule has 0 atom stereocenters. The molecule has 0 aliphatic carbocycles. The first-order chi connectivity index (χ1) is 12.3. The molecule has 0 unspecified atom stereocenters. The third-order valence-corrected chi connectivity index (χ3v) is 4.79. The zero-order chi connectivity index (χ0) is 17.3. The summed E-state index contributed by atoms with van der Waals surface area (Å²) >= 11 is 0. The van der Waals surface area contributed by atoms with Crippen LogP contribution >= 0.6 is 0 Å². The maximum Gasteiger partial charge on any atom is 0.119 e. The first-order valence-corrected chi connectivity index (χ1v) is 9.27. The number of nitrogens with one attached hydrogen (secondary N) is 2. The molecule has 0 bridgehead atoms. The van der Waals surface area contributed by atoms with E-state index >= 15 is 0 Å². The molecule has 0 amide bonds. The lowest BCUT2D eigenvalue weighted by Gasteiger charge is -2.22. The largest absolute Gasteiger partial charge is 0.497 e. The van der Waals surface area contributed by atoms with Crippen molar-refractivity contribution in [1.29, 1.82) is 0 Å². The lowest BCUT2D eigenvalue weighted by Crippen LogP contribution is -2.26. The normalized spacial score (nSPS) is 15.6. The van der Waals surface area contributed by atoms with Gasteiger partial charge in [-0.15, -0.1) is 0 Å². The standard InChI is InChI=1S/C21H29N3O/c1-25-21-12-11-18(16-22-23-20-9-5-4-6-10-20)19(15-21)17-24-13-7-2-3-8-14-24/h4-6,9-12,15,22-23H,2-3,7-8,13-14,16-17H2,1H3. The Morgan fingerprint density at radius 3 is 2.40 bits per heavy atom. The molecule has 0 saturated carbocycles. The second-order valence-electron chi connectivity index (χ2n) is 6.67. The molecule has 1 heterocycles. The summed E-state index contributed by atoms with van der Waals surface area (Å²) in [6, 6.07) is 16.6. The first-order valence-electron chi connectivity index (χ1n) is 9.27. The van der Waals surface area contributed by atoms with Crippen LogP contribution in [0.3, 0.4) is 0 Å². The number of hydrogen-bond donors (Lipinski definition) is 2. The smallest absolute Gasteiger partial charge is 0.119 e. The van der Waals surface area contributed by atoms with E-state index in [9.17, 15) is 0 Å². The molecule has 1 fully saturated rings. The Labute approximate surface area is 151 Å². The van der Waals surface area contributed by atoms with E-state index < -0.39 is 0 Å². The molecular weight excluding hydrogens is 310 g/mol. The molecule has 0 radical (unpaired) electrons. The monoisotopic (exact) mass is 339 g/mol. The number of hydrazine groups is 1. The van der Waals surface area contributed by atoms with Crippen molar-refractivity contribution in [1.82, 2.24) is 10.3 Å². The SMILES string of the molecule is COc1ccc(CNNc2ccccc2)c(CN2CCCCCC2)c1. The van der Waals surface area contributed by atoms with E-state index in [-0.39, 0.29) is 0 Å². The summed E-state index contributed by atoms with van der Waals surface area (Å²) in [6.45, 7) is 4.18. The second-order valence-corrected chi connectivity index (χ2v) is 6.67. The summed E-state index contributed by atoms with van der Waals surface area (Å²) in [6.07, 6.45) is 5.36. The van der Waals surface area contributed by atoms with Crippen molar-refractivity contribution in [3.63, 3.8) is 0 Å². The minimum Gasteiger partial charge on any atom is -0.497 e. The number of ether oxygens (including phenoxy) is 1. The van der Waals surface area contributed by atoms with E-state index in [1.807, 2.05) is 24.3 Å². The van der Waals surface area contributed by atoms with Gasteiger partial charge in [0.1, 0.15) is 5.75 Å². The summed E-state index contributed by atoms with van der Waals surface area (Å²) in [7, 11) is 1.74. The summed E-state index contributed by atoms with van der Waals surface area (Å²) < 4.78 is 5.44. The second kappa shape index (κ2) is 9.44. The summed E-state index contributed by atoms with van der Waals surface area (Å²) in [5.41, 5.74) is 10.3. The lowest BCUT2D eigenvalue weighted by atomic mass is 10.1. The van der Waals surface area contributed by atoms with E-state index in [1.165, 1.54) is 49.9 Å². The minimum atomic E-state index is 0.780. The fourth-order valence-electron chi connectivity index (χ4n) is 3.35. The average Bonchev–Trinajstić information content (AvgIpc) is 2.92. The van der Waals surface area contributed by atoms with Crippen LogP contribution < -0.4 is 15.6 Å². The van der Waals surface area contributed by atoms with Crippen LogP contribution in [0.15, 0.2) is 48.5 Å². The van der Waals surface area contributed by atoms with E-state index in [4.69, 9.17) is 4.74 Å². The molecule has 4 heteroatoms. The van der Waals surface area contributed by atoms with Gasteiger partial charge in [-0.1, -0.05) is 37.1 Å². The van der Waals surface area contributed by atoms with E-state index in [0.717, 1.165) is 24.5 Å². The highest BCUT2D eigenvalue weighted by Crippen LogP contribution is 2.21. The number of likely N-dealkylation sites (tertiary alicyclic amines) is 1. The van der Waals surface area contributed by atoms with Gasteiger partial charge in [-0.3, -0.25) is 4.90 Å². The van der Waals surface area contributed by atoms with Crippen LogP contribution in [0, 0.1) is 0 Å². The number of hydrogen-bond acceptors (Lipinski definition) is 4. The molecule has 25 heavy (non-hydrogen) atoms. The van der Waals surface area contributed by atoms with Crippen molar-refractivity contribution in [2.24, 2.45) is 0 Å². The van der Waals surface area contributed by atoms with Gasteiger partial charge in [0.2, 0.25) is 0 Å². The highest BCUT2D eigenvalue weighted by Gasteiger charge is 2.12. The predicted molar refractivity (Wildman–Crippen MR) is 104 cm³/mol. The van der Waals surface area contributed by atoms with Crippen molar-refractivity contribution in [3.8, 4) is 5.75 Å². The molecule has 0 spiro atoms. The van der Waals surface area contributed by atoms with E-state index in [0.29, 0.717) is 0 Å². The molecule has 2 aromatic carbocycles. The lowest BCUT2D eigenvalue weighted by molar-refractivity contribution is 0.275. The van der Waals surface area contributed by atoms with Crippen molar-refractivity contribution < 1.29 is 4.74 Å². The summed E-state index contributed by atoms with van der Waals surface area (Å²) in [5, 5.41) is 0. The van der Waals surface area contributed by atoms with Crippen LogP contribution in [0.2, 0.25) is 0 Å². The van der Waals surface area contributed by atoms with Gasteiger partial charge in [-0.05, 0) is 61.3 Å². The number of rotatable bonds is 7. The molecule has 0 aromatic heterocycles. The van der Waals surface area contributed by atoms with Crippen LogP contribution in [-0.4, -0.2) is 25.1 Å². The van der Waals surface area contributed by atoms with Gasteiger partial charge in [0, 0.05) is 18.8 Å².